The van der Waals surface area contributed by atoms with E-state index in [1.165, 1.54) is 0 Å². The minimum atomic E-state index is 0.220. The van der Waals surface area contributed by atoms with E-state index in [1.54, 1.807) is 23.5 Å². The number of hydrogen-bond acceptors (Lipinski definition) is 6. The van der Waals surface area contributed by atoms with Crippen LogP contribution in [0.1, 0.15) is 22.1 Å². The first-order valence-electron chi connectivity index (χ1n) is 6.16. The maximum atomic E-state index is 9.71. The van der Waals surface area contributed by atoms with Crippen molar-refractivity contribution in [3.8, 4) is 17.2 Å². The third kappa shape index (κ3) is 2.42. The van der Waals surface area contributed by atoms with Crippen LogP contribution in [0.4, 0.5) is 0 Å². The topological polar surface area (TPSA) is 72.0 Å². The number of thiazole rings is 1. The first-order valence-corrected chi connectivity index (χ1v) is 7.04. The van der Waals surface area contributed by atoms with Crippen LogP contribution in [0.5, 0.6) is 5.75 Å². The van der Waals surface area contributed by atoms with Gasteiger partial charge >= 0.3 is 0 Å². The van der Waals surface area contributed by atoms with Gasteiger partial charge in [-0.15, -0.1) is 11.3 Å². The zero-order valence-electron chi connectivity index (χ0n) is 11.1. The van der Waals surface area contributed by atoms with Crippen molar-refractivity contribution in [2.24, 2.45) is 0 Å². The highest BCUT2D eigenvalue weighted by Gasteiger charge is 2.14. The van der Waals surface area contributed by atoms with E-state index in [4.69, 9.17) is 4.52 Å². The van der Waals surface area contributed by atoms with Gasteiger partial charge in [0.05, 0.1) is 6.42 Å². The molecule has 1 aromatic carbocycles. The quantitative estimate of drug-likeness (QED) is 0.801. The molecule has 0 unspecified atom stereocenters. The molecule has 0 saturated carbocycles. The van der Waals surface area contributed by atoms with Gasteiger partial charge < -0.3 is 9.63 Å². The first kappa shape index (κ1) is 12.8. The summed E-state index contributed by atoms with van der Waals surface area (Å²) >= 11 is 1.58. The minimum Gasteiger partial charge on any atom is -0.508 e. The molecule has 0 radical (unpaired) electrons. The molecule has 6 heteroatoms. The highest BCUT2D eigenvalue weighted by atomic mass is 32.1. The fraction of sp³-hybridized carbons (Fsp3) is 0.214. The van der Waals surface area contributed by atoms with Crippen molar-refractivity contribution in [3.05, 3.63) is 45.7 Å². The Balaban J connectivity index is 1.88. The van der Waals surface area contributed by atoms with Gasteiger partial charge in [-0.3, -0.25) is 0 Å². The number of nitrogens with zero attached hydrogens (tertiary/aromatic N) is 3. The summed E-state index contributed by atoms with van der Waals surface area (Å²) in [5, 5.41) is 16.6. The molecule has 0 bridgehead atoms. The van der Waals surface area contributed by atoms with Crippen LogP contribution in [0.2, 0.25) is 0 Å². The summed E-state index contributed by atoms with van der Waals surface area (Å²) < 4.78 is 5.27. The molecule has 20 heavy (non-hydrogen) atoms. The Morgan fingerprint density at radius 1 is 1.25 bits per heavy atom. The van der Waals surface area contributed by atoms with Crippen LogP contribution in [0.3, 0.4) is 0 Å². The van der Waals surface area contributed by atoms with Crippen LogP contribution >= 0.6 is 11.3 Å². The van der Waals surface area contributed by atoms with E-state index in [1.807, 2.05) is 25.3 Å². The van der Waals surface area contributed by atoms with Crippen LogP contribution in [0.25, 0.3) is 11.5 Å². The summed E-state index contributed by atoms with van der Waals surface area (Å²) in [5.41, 5.74) is 2.48. The van der Waals surface area contributed by atoms with Crippen LogP contribution in [0.15, 0.2) is 28.1 Å². The second kappa shape index (κ2) is 5.05. The van der Waals surface area contributed by atoms with Crippen molar-refractivity contribution in [1.29, 1.82) is 0 Å². The molecule has 0 atom stereocenters. The molecule has 2 aromatic heterocycles. The molecule has 3 aromatic rings. The van der Waals surface area contributed by atoms with Gasteiger partial charge in [-0.2, -0.15) is 4.98 Å². The smallest absolute Gasteiger partial charge is 0.258 e. The van der Waals surface area contributed by atoms with E-state index in [2.05, 4.69) is 15.1 Å². The van der Waals surface area contributed by atoms with Gasteiger partial charge in [-0.25, -0.2) is 4.98 Å². The molecule has 0 aliphatic heterocycles. The normalized spacial score (nSPS) is 10.9. The number of aryl methyl sites for hydroxylation is 1. The van der Waals surface area contributed by atoms with E-state index in [0.717, 1.165) is 21.8 Å². The van der Waals surface area contributed by atoms with Crippen LogP contribution in [-0.2, 0) is 6.42 Å². The second-order valence-corrected chi connectivity index (χ2v) is 5.47. The van der Waals surface area contributed by atoms with E-state index in [9.17, 15) is 5.11 Å². The first-order chi connectivity index (χ1) is 9.63. The molecule has 0 aliphatic rings. The molecule has 0 saturated heterocycles. The molecule has 0 spiro atoms. The zero-order chi connectivity index (χ0) is 14.1. The summed E-state index contributed by atoms with van der Waals surface area (Å²) in [5.74, 6) is 1.23. The number of rotatable bonds is 3. The Labute approximate surface area is 119 Å². The van der Waals surface area contributed by atoms with Crippen molar-refractivity contribution in [2.45, 2.75) is 20.3 Å². The molecule has 0 amide bonds. The largest absolute Gasteiger partial charge is 0.508 e. The van der Waals surface area contributed by atoms with Crippen LogP contribution in [-0.4, -0.2) is 20.2 Å². The molecular weight excluding hydrogens is 274 g/mol. The van der Waals surface area contributed by atoms with E-state index < -0.39 is 0 Å². The van der Waals surface area contributed by atoms with Gasteiger partial charge in [0.25, 0.3) is 5.89 Å². The summed E-state index contributed by atoms with van der Waals surface area (Å²) in [4.78, 5) is 8.74. The summed E-state index contributed by atoms with van der Waals surface area (Å²) in [6.07, 6.45) is 0.555. The average molecular weight is 287 g/mol. The predicted octanol–water partition coefficient (Wildman–Crippen LogP) is 3.11. The number of hydrogen-bond donors (Lipinski definition) is 1. The van der Waals surface area contributed by atoms with Gasteiger partial charge in [0.15, 0.2) is 5.82 Å². The van der Waals surface area contributed by atoms with Crippen molar-refractivity contribution in [3.63, 3.8) is 0 Å². The SMILES string of the molecule is Cc1csc(Cc2noc(-c3cccc(O)c3C)n2)n1. The molecule has 0 fully saturated rings. The highest BCUT2D eigenvalue weighted by molar-refractivity contribution is 7.09. The standard InChI is InChI=1S/C14H13N3O2S/c1-8-7-20-13(15-8)6-12-16-14(19-17-12)10-4-3-5-11(18)9(10)2/h3-5,7,18H,6H2,1-2H3. The molecule has 102 valence electrons. The summed E-state index contributed by atoms with van der Waals surface area (Å²) in [6.45, 7) is 3.77. The molecule has 3 rings (SSSR count). The number of aromatic hydroxyl groups is 1. The van der Waals surface area contributed by atoms with Crippen molar-refractivity contribution in [2.75, 3.05) is 0 Å². The maximum Gasteiger partial charge on any atom is 0.258 e. The van der Waals surface area contributed by atoms with Gasteiger partial charge in [0, 0.05) is 22.2 Å². The van der Waals surface area contributed by atoms with E-state index in [0.29, 0.717) is 18.1 Å². The van der Waals surface area contributed by atoms with Crippen molar-refractivity contribution >= 4 is 11.3 Å². The lowest BCUT2D eigenvalue weighted by Crippen LogP contribution is -1.90. The molecule has 0 aliphatic carbocycles. The Morgan fingerprint density at radius 2 is 2.10 bits per heavy atom. The Bertz CT molecular complexity index is 748. The number of phenols is 1. The van der Waals surface area contributed by atoms with Crippen molar-refractivity contribution < 1.29 is 9.63 Å². The fourth-order valence-corrected chi connectivity index (χ4v) is 2.68. The summed E-state index contributed by atoms with van der Waals surface area (Å²) in [7, 11) is 0. The third-order valence-electron chi connectivity index (χ3n) is 2.98. The number of phenolic OH excluding ortho intramolecular Hbond substituents is 1. The molecule has 2 heterocycles. The van der Waals surface area contributed by atoms with E-state index >= 15 is 0 Å². The average Bonchev–Trinajstić information content (AvgIpc) is 3.03. The number of aromatic nitrogens is 3. The lowest BCUT2D eigenvalue weighted by molar-refractivity contribution is 0.422. The van der Waals surface area contributed by atoms with E-state index in [-0.39, 0.29) is 5.75 Å². The van der Waals surface area contributed by atoms with Gasteiger partial charge in [-0.1, -0.05) is 11.2 Å². The van der Waals surface area contributed by atoms with Crippen LogP contribution < -0.4 is 0 Å². The number of benzene rings is 1. The Kier molecular flexibility index (Phi) is 3.23. The van der Waals surface area contributed by atoms with Crippen molar-refractivity contribution in [1.82, 2.24) is 15.1 Å². The van der Waals surface area contributed by atoms with Crippen LogP contribution in [0, 0.1) is 13.8 Å². The minimum absolute atomic E-state index is 0.220. The zero-order valence-corrected chi connectivity index (χ0v) is 11.9. The van der Waals surface area contributed by atoms with Gasteiger partial charge in [0.1, 0.15) is 10.8 Å². The van der Waals surface area contributed by atoms with Gasteiger partial charge in [0.2, 0.25) is 0 Å². The Morgan fingerprint density at radius 3 is 2.85 bits per heavy atom. The monoisotopic (exact) mass is 287 g/mol. The molecule has 1 N–H and O–H groups in total. The Hall–Kier alpha value is -2.21. The lowest BCUT2D eigenvalue weighted by Gasteiger charge is -2.01. The maximum absolute atomic E-state index is 9.71. The predicted molar refractivity (Wildman–Crippen MR) is 75.8 cm³/mol. The lowest BCUT2D eigenvalue weighted by atomic mass is 10.1. The summed E-state index contributed by atoms with van der Waals surface area (Å²) in [6, 6.07) is 5.24. The fourth-order valence-electron chi connectivity index (χ4n) is 1.91. The highest BCUT2D eigenvalue weighted by Crippen LogP contribution is 2.28. The third-order valence-corrected chi connectivity index (χ3v) is 3.95. The van der Waals surface area contributed by atoms with Gasteiger partial charge in [-0.05, 0) is 26.0 Å². The second-order valence-electron chi connectivity index (χ2n) is 4.52. The molecule has 5 nitrogen and oxygen atoms in total. The molecular formula is C14H13N3O2S.